The third-order valence-corrected chi connectivity index (χ3v) is 3.83. The summed E-state index contributed by atoms with van der Waals surface area (Å²) in [5.74, 6) is -0.147. The number of aromatic nitrogens is 1. The van der Waals surface area contributed by atoms with Crippen LogP contribution in [0.2, 0.25) is 0 Å². The highest BCUT2D eigenvalue weighted by Gasteiger charge is 2.20. The fourth-order valence-electron chi connectivity index (χ4n) is 2.20. The molecule has 23 heavy (non-hydrogen) atoms. The maximum atomic E-state index is 12.5. The molecular formula is C16H12BrNO5. The van der Waals surface area contributed by atoms with Gasteiger partial charge in [0.05, 0.1) is 14.2 Å². The van der Waals surface area contributed by atoms with Crippen molar-refractivity contribution in [3.63, 3.8) is 0 Å². The first-order valence-corrected chi connectivity index (χ1v) is 7.39. The van der Waals surface area contributed by atoms with Gasteiger partial charge in [0.1, 0.15) is 11.0 Å². The van der Waals surface area contributed by atoms with E-state index in [4.69, 9.17) is 13.9 Å². The number of fused-ring (bicyclic) bond motifs is 1. The average Bonchev–Trinajstić information content (AvgIpc) is 2.57. The first-order valence-electron chi connectivity index (χ1n) is 6.60. The number of benzene rings is 1. The van der Waals surface area contributed by atoms with Crippen LogP contribution in [0.3, 0.4) is 0 Å². The van der Waals surface area contributed by atoms with E-state index in [-0.39, 0.29) is 28.5 Å². The summed E-state index contributed by atoms with van der Waals surface area (Å²) in [5.41, 5.74) is 0.171. The van der Waals surface area contributed by atoms with Gasteiger partial charge in [-0.25, -0.2) is 0 Å². The van der Waals surface area contributed by atoms with Gasteiger partial charge in [0.25, 0.3) is 0 Å². The van der Waals surface area contributed by atoms with Crippen LogP contribution in [-0.2, 0) is 0 Å². The number of pyridine rings is 1. The quantitative estimate of drug-likeness (QED) is 0.753. The summed E-state index contributed by atoms with van der Waals surface area (Å²) in [6, 6.07) is 8.49. The van der Waals surface area contributed by atoms with Crippen molar-refractivity contribution in [3.8, 4) is 28.8 Å². The third-order valence-electron chi connectivity index (χ3n) is 3.30. The van der Waals surface area contributed by atoms with Gasteiger partial charge in [0, 0.05) is 16.1 Å². The van der Waals surface area contributed by atoms with Gasteiger partial charge in [-0.2, -0.15) is 4.98 Å². The topological polar surface area (TPSA) is 81.8 Å². The summed E-state index contributed by atoms with van der Waals surface area (Å²) in [6.45, 7) is 0. The summed E-state index contributed by atoms with van der Waals surface area (Å²) >= 11 is 3.33. The van der Waals surface area contributed by atoms with Crippen molar-refractivity contribution in [1.29, 1.82) is 0 Å². The summed E-state index contributed by atoms with van der Waals surface area (Å²) in [5, 5.41) is 10.3. The van der Waals surface area contributed by atoms with Crippen molar-refractivity contribution in [2.45, 2.75) is 0 Å². The van der Waals surface area contributed by atoms with Crippen LogP contribution in [0.25, 0.3) is 22.3 Å². The maximum Gasteiger partial charge on any atom is 0.240 e. The summed E-state index contributed by atoms with van der Waals surface area (Å²) < 4.78 is 16.8. The molecule has 0 bridgehead atoms. The van der Waals surface area contributed by atoms with Crippen LogP contribution in [0, 0.1) is 0 Å². The summed E-state index contributed by atoms with van der Waals surface area (Å²) in [6.07, 6.45) is 0. The molecule has 7 heteroatoms. The molecule has 6 nitrogen and oxygen atoms in total. The number of ether oxygens (including phenoxy) is 2. The minimum Gasteiger partial charge on any atom is -0.502 e. The lowest BCUT2D eigenvalue weighted by Gasteiger charge is -2.09. The lowest BCUT2D eigenvalue weighted by molar-refractivity contribution is 0.366. The van der Waals surface area contributed by atoms with Gasteiger partial charge >= 0.3 is 0 Å². The zero-order valence-corrected chi connectivity index (χ0v) is 13.9. The standard InChI is InChI=1S/C16H12BrNO5/c1-21-11-7-10-12(16(18-11)22-2)13(19)14(20)15(23-10)8-3-5-9(17)6-4-8/h3-7,20H,1-2H3. The van der Waals surface area contributed by atoms with Crippen LogP contribution in [0.5, 0.6) is 17.5 Å². The van der Waals surface area contributed by atoms with Crippen LogP contribution >= 0.6 is 15.9 Å². The van der Waals surface area contributed by atoms with E-state index in [2.05, 4.69) is 20.9 Å². The van der Waals surface area contributed by atoms with Gasteiger partial charge in [-0.3, -0.25) is 4.79 Å². The first kappa shape index (κ1) is 15.4. The fraction of sp³-hybridized carbons (Fsp3) is 0.125. The van der Waals surface area contributed by atoms with Gasteiger partial charge < -0.3 is 19.0 Å². The van der Waals surface area contributed by atoms with E-state index in [1.54, 1.807) is 24.3 Å². The van der Waals surface area contributed by atoms with Gasteiger partial charge in [-0.1, -0.05) is 15.9 Å². The second-order valence-corrected chi connectivity index (χ2v) is 5.58. The van der Waals surface area contributed by atoms with E-state index in [1.807, 2.05) is 0 Å². The van der Waals surface area contributed by atoms with Gasteiger partial charge in [0.2, 0.25) is 22.9 Å². The minimum absolute atomic E-state index is 0.0331. The highest BCUT2D eigenvalue weighted by Crippen LogP contribution is 2.34. The molecule has 0 unspecified atom stereocenters. The summed E-state index contributed by atoms with van der Waals surface area (Å²) in [7, 11) is 2.82. The average molecular weight is 378 g/mol. The van der Waals surface area contributed by atoms with E-state index in [0.29, 0.717) is 5.56 Å². The van der Waals surface area contributed by atoms with E-state index >= 15 is 0 Å². The smallest absolute Gasteiger partial charge is 0.240 e. The fourth-order valence-corrected chi connectivity index (χ4v) is 2.46. The van der Waals surface area contributed by atoms with Crippen molar-refractivity contribution in [1.82, 2.24) is 4.98 Å². The Morgan fingerprint density at radius 3 is 2.48 bits per heavy atom. The molecule has 0 saturated carbocycles. The van der Waals surface area contributed by atoms with Gasteiger partial charge in [-0.15, -0.1) is 0 Å². The Morgan fingerprint density at radius 2 is 1.87 bits per heavy atom. The molecule has 118 valence electrons. The van der Waals surface area contributed by atoms with Gasteiger partial charge in [0.15, 0.2) is 5.76 Å². The SMILES string of the molecule is COc1cc2oc(-c3ccc(Br)cc3)c(O)c(=O)c2c(OC)n1. The molecule has 1 N–H and O–H groups in total. The molecule has 0 amide bonds. The van der Waals surface area contributed by atoms with E-state index in [0.717, 1.165) is 4.47 Å². The van der Waals surface area contributed by atoms with Crippen molar-refractivity contribution < 1.29 is 19.0 Å². The van der Waals surface area contributed by atoms with Crippen LogP contribution < -0.4 is 14.9 Å². The molecule has 2 heterocycles. The summed E-state index contributed by atoms with van der Waals surface area (Å²) in [4.78, 5) is 16.5. The Labute approximate surface area is 139 Å². The van der Waals surface area contributed by atoms with Crippen LogP contribution in [0.4, 0.5) is 0 Å². The van der Waals surface area contributed by atoms with Crippen molar-refractivity contribution in [2.75, 3.05) is 14.2 Å². The predicted octanol–water partition coefficient (Wildman–Crippen LogP) is 3.34. The number of methoxy groups -OCH3 is 2. The zero-order valence-electron chi connectivity index (χ0n) is 12.3. The molecule has 0 radical (unpaired) electrons. The Hall–Kier alpha value is -2.54. The molecule has 1 aromatic carbocycles. The van der Waals surface area contributed by atoms with Crippen molar-refractivity contribution >= 4 is 26.9 Å². The molecule has 0 spiro atoms. The van der Waals surface area contributed by atoms with Crippen LogP contribution in [-0.4, -0.2) is 24.3 Å². The zero-order chi connectivity index (χ0) is 16.6. The molecule has 0 atom stereocenters. The number of hydrogen-bond acceptors (Lipinski definition) is 6. The van der Waals surface area contributed by atoms with E-state index in [9.17, 15) is 9.90 Å². The second-order valence-electron chi connectivity index (χ2n) is 4.66. The number of hydrogen-bond donors (Lipinski definition) is 1. The molecule has 0 saturated heterocycles. The van der Waals surface area contributed by atoms with Crippen molar-refractivity contribution in [3.05, 3.63) is 45.0 Å². The Morgan fingerprint density at radius 1 is 1.17 bits per heavy atom. The monoisotopic (exact) mass is 377 g/mol. The lowest BCUT2D eigenvalue weighted by atomic mass is 10.1. The molecular weight excluding hydrogens is 366 g/mol. The van der Waals surface area contributed by atoms with E-state index < -0.39 is 11.2 Å². The first-order chi connectivity index (χ1) is 11.0. The van der Waals surface area contributed by atoms with Crippen LogP contribution in [0.15, 0.2) is 44.0 Å². The molecule has 2 aromatic heterocycles. The highest BCUT2D eigenvalue weighted by atomic mass is 79.9. The lowest BCUT2D eigenvalue weighted by Crippen LogP contribution is -2.06. The molecule has 0 aliphatic rings. The Balaban J connectivity index is 2.35. The number of aromatic hydroxyl groups is 1. The predicted molar refractivity (Wildman–Crippen MR) is 88.2 cm³/mol. The Kier molecular flexibility index (Phi) is 3.96. The number of rotatable bonds is 3. The van der Waals surface area contributed by atoms with Crippen LogP contribution in [0.1, 0.15) is 0 Å². The molecule has 0 aliphatic carbocycles. The second kappa shape index (κ2) is 5.92. The van der Waals surface area contributed by atoms with Gasteiger partial charge in [-0.05, 0) is 24.3 Å². The molecule has 3 rings (SSSR count). The maximum absolute atomic E-state index is 12.5. The number of halogens is 1. The molecule has 0 aliphatic heterocycles. The largest absolute Gasteiger partial charge is 0.502 e. The normalized spacial score (nSPS) is 10.7. The highest BCUT2D eigenvalue weighted by molar-refractivity contribution is 9.10. The molecule has 0 fully saturated rings. The van der Waals surface area contributed by atoms with E-state index in [1.165, 1.54) is 20.3 Å². The Bertz CT molecular complexity index is 934. The minimum atomic E-state index is -0.615. The van der Waals surface area contributed by atoms with Crippen molar-refractivity contribution in [2.24, 2.45) is 0 Å². The number of nitrogens with zero attached hydrogens (tertiary/aromatic N) is 1. The third kappa shape index (κ3) is 2.63. The molecule has 3 aromatic rings.